The monoisotopic (exact) mass is 367 g/mol. The van der Waals surface area contributed by atoms with E-state index >= 15 is 0 Å². The normalized spacial score (nSPS) is 11.9. The highest BCUT2D eigenvalue weighted by molar-refractivity contribution is 7.99. The Morgan fingerprint density at radius 1 is 1.19 bits per heavy atom. The predicted molar refractivity (Wildman–Crippen MR) is 103 cm³/mol. The molecule has 0 saturated heterocycles. The van der Waals surface area contributed by atoms with Crippen molar-refractivity contribution in [3.05, 3.63) is 60.4 Å². The number of pyridine rings is 1. The van der Waals surface area contributed by atoms with E-state index in [9.17, 15) is 4.79 Å². The van der Waals surface area contributed by atoms with Crippen molar-refractivity contribution in [3.8, 4) is 11.4 Å². The average molecular weight is 367 g/mol. The van der Waals surface area contributed by atoms with E-state index in [4.69, 9.17) is 0 Å². The van der Waals surface area contributed by atoms with Crippen LogP contribution in [0, 0.1) is 0 Å². The molecule has 3 aromatic rings. The van der Waals surface area contributed by atoms with Gasteiger partial charge in [-0.2, -0.15) is 0 Å². The van der Waals surface area contributed by atoms with Gasteiger partial charge in [-0.15, -0.1) is 5.10 Å². The van der Waals surface area contributed by atoms with Gasteiger partial charge in [-0.25, -0.2) is 4.98 Å². The van der Waals surface area contributed by atoms with Gasteiger partial charge < -0.3 is 5.32 Å². The number of aryl methyl sites for hydroxylation is 1. The van der Waals surface area contributed by atoms with Crippen LogP contribution in [-0.4, -0.2) is 37.9 Å². The summed E-state index contributed by atoms with van der Waals surface area (Å²) in [5.74, 6) is 0.959. The molecule has 1 aromatic carbocycles. The van der Waals surface area contributed by atoms with E-state index in [0.717, 1.165) is 18.4 Å². The molecule has 0 saturated carbocycles. The Bertz CT molecular complexity index is 822. The summed E-state index contributed by atoms with van der Waals surface area (Å²) in [7, 11) is 0. The number of hydrogen-bond acceptors (Lipinski definition) is 5. The molecule has 1 amide bonds. The van der Waals surface area contributed by atoms with Gasteiger partial charge in [0.05, 0.1) is 5.75 Å². The number of aromatic amines is 1. The summed E-state index contributed by atoms with van der Waals surface area (Å²) in [5, 5.41) is 10.6. The van der Waals surface area contributed by atoms with Crippen molar-refractivity contribution < 1.29 is 4.79 Å². The van der Waals surface area contributed by atoms with Crippen LogP contribution in [0.5, 0.6) is 0 Å². The predicted octanol–water partition coefficient (Wildman–Crippen LogP) is 3.10. The molecular weight excluding hydrogens is 346 g/mol. The van der Waals surface area contributed by atoms with Crippen LogP contribution in [0.3, 0.4) is 0 Å². The molecule has 3 rings (SSSR count). The molecular formula is C19H21N5OS. The molecule has 7 heteroatoms. The molecule has 26 heavy (non-hydrogen) atoms. The quantitative estimate of drug-likeness (QED) is 0.598. The Morgan fingerprint density at radius 3 is 2.73 bits per heavy atom. The minimum Gasteiger partial charge on any atom is -0.353 e. The highest BCUT2D eigenvalue weighted by Crippen LogP contribution is 2.18. The van der Waals surface area contributed by atoms with E-state index in [0.29, 0.717) is 16.7 Å². The van der Waals surface area contributed by atoms with E-state index in [1.54, 1.807) is 12.4 Å². The third-order valence-corrected chi connectivity index (χ3v) is 4.71. The zero-order valence-corrected chi connectivity index (χ0v) is 15.4. The van der Waals surface area contributed by atoms with Crippen molar-refractivity contribution in [3.63, 3.8) is 0 Å². The van der Waals surface area contributed by atoms with Crippen LogP contribution >= 0.6 is 11.8 Å². The van der Waals surface area contributed by atoms with Crippen molar-refractivity contribution in [2.45, 2.75) is 31.0 Å². The van der Waals surface area contributed by atoms with Crippen molar-refractivity contribution >= 4 is 17.7 Å². The lowest BCUT2D eigenvalue weighted by atomic mass is 10.1. The van der Waals surface area contributed by atoms with Crippen molar-refractivity contribution in [2.75, 3.05) is 5.75 Å². The summed E-state index contributed by atoms with van der Waals surface area (Å²) < 4.78 is 0. The second-order valence-corrected chi connectivity index (χ2v) is 6.93. The molecule has 6 nitrogen and oxygen atoms in total. The second-order valence-electron chi connectivity index (χ2n) is 5.98. The Hall–Kier alpha value is -2.67. The highest BCUT2D eigenvalue weighted by atomic mass is 32.2. The Labute approximate surface area is 156 Å². The standard InChI is InChI=1S/C19H21N5OS/c1-14(7-8-15-5-3-2-4-6-15)21-17(25)13-26-19-22-18(23-24-19)16-9-11-20-12-10-16/h2-6,9-12,14H,7-8,13H2,1H3,(H,21,25)(H,22,23,24)/t14-/m0/s1. The summed E-state index contributed by atoms with van der Waals surface area (Å²) in [5.41, 5.74) is 2.20. The molecule has 2 aromatic heterocycles. The van der Waals surface area contributed by atoms with Crippen LogP contribution in [-0.2, 0) is 11.2 Å². The molecule has 134 valence electrons. The number of hydrogen-bond donors (Lipinski definition) is 2. The Balaban J connectivity index is 1.42. The number of aromatic nitrogens is 4. The smallest absolute Gasteiger partial charge is 0.230 e. The number of H-pyrrole nitrogens is 1. The first-order chi connectivity index (χ1) is 12.7. The lowest BCUT2D eigenvalue weighted by molar-refractivity contribution is -0.119. The third kappa shape index (κ3) is 5.42. The van der Waals surface area contributed by atoms with E-state index in [1.165, 1.54) is 17.3 Å². The topological polar surface area (TPSA) is 83.6 Å². The molecule has 0 aliphatic heterocycles. The molecule has 2 heterocycles. The van der Waals surface area contributed by atoms with Crippen LogP contribution < -0.4 is 5.32 Å². The van der Waals surface area contributed by atoms with Crippen molar-refractivity contribution in [1.82, 2.24) is 25.5 Å². The van der Waals surface area contributed by atoms with Gasteiger partial charge in [-0.1, -0.05) is 42.1 Å². The molecule has 0 aliphatic carbocycles. The molecule has 0 unspecified atom stereocenters. The molecule has 1 atom stereocenters. The summed E-state index contributed by atoms with van der Waals surface area (Å²) >= 11 is 1.32. The van der Waals surface area contributed by atoms with Crippen molar-refractivity contribution in [1.29, 1.82) is 0 Å². The maximum absolute atomic E-state index is 12.1. The molecule has 0 radical (unpaired) electrons. The van der Waals surface area contributed by atoms with Crippen LogP contribution in [0.1, 0.15) is 18.9 Å². The van der Waals surface area contributed by atoms with Crippen LogP contribution in [0.25, 0.3) is 11.4 Å². The fourth-order valence-corrected chi connectivity index (χ4v) is 3.11. The molecule has 2 N–H and O–H groups in total. The molecule has 0 fully saturated rings. The van der Waals surface area contributed by atoms with Gasteiger partial charge in [0, 0.05) is 24.0 Å². The first kappa shape index (κ1) is 18.1. The zero-order valence-electron chi connectivity index (χ0n) is 14.6. The van der Waals surface area contributed by atoms with Gasteiger partial charge in [0.2, 0.25) is 11.1 Å². The van der Waals surface area contributed by atoms with Crippen LogP contribution in [0.4, 0.5) is 0 Å². The molecule has 0 aliphatic rings. The minimum atomic E-state index is -0.00850. The van der Waals surface area contributed by atoms with Gasteiger partial charge in [0.15, 0.2) is 5.82 Å². The second kappa shape index (κ2) is 9.15. The molecule has 0 bridgehead atoms. The number of thioether (sulfide) groups is 1. The van der Waals surface area contributed by atoms with E-state index in [2.05, 4.69) is 37.6 Å². The van der Waals surface area contributed by atoms with Gasteiger partial charge in [-0.05, 0) is 37.5 Å². The first-order valence-corrected chi connectivity index (χ1v) is 9.48. The van der Waals surface area contributed by atoms with Gasteiger partial charge in [-0.3, -0.25) is 14.9 Å². The minimum absolute atomic E-state index is 0.00850. The fourth-order valence-electron chi connectivity index (χ4n) is 2.50. The number of nitrogens with one attached hydrogen (secondary N) is 2. The van der Waals surface area contributed by atoms with Crippen molar-refractivity contribution in [2.24, 2.45) is 0 Å². The fraction of sp³-hybridized carbons (Fsp3) is 0.263. The highest BCUT2D eigenvalue weighted by Gasteiger charge is 2.11. The summed E-state index contributed by atoms with van der Waals surface area (Å²) in [6.45, 7) is 2.03. The summed E-state index contributed by atoms with van der Waals surface area (Å²) in [6, 6.07) is 14.1. The van der Waals surface area contributed by atoms with Gasteiger partial charge in [0.1, 0.15) is 0 Å². The van der Waals surface area contributed by atoms with Gasteiger partial charge in [0.25, 0.3) is 0 Å². The summed E-state index contributed by atoms with van der Waals surface area (Å²) in [4.78, 5) is 20.5. The molecule has 0 spiro atoms. The average Bonchev–Trinajstić information content (AvgIpc) is 3.15. The number of carbonyl (C=O) groups is 1. The number of nitrogens with zero attached hydrogens (tertiary/aromatic N) is 3. The lowest BCUT2D eigenvalue weighted by Gasteiger charge is -2.13. The van der Waals surface area contributed by atoms with E-state index in [-0.39, 0.29) is 11.9 Å². The summed E-state index contributed by atoms with van der Waals surface area (Å²) in [6.07, 6.45) is 5.27. The first-order valence-electron chi connectivity index (χ1n) is 8.49. The maximum Gasteiger partial charge on any atom is 0.230 e. The Kier molecular flexibility index (Phi) is 6.38. The number of rotatable bonds is 8. The van der Waals surface area contributed by atoms with Crippen LogP contribution in [0.15, 0.2) is 60.0 Å². The van der Waals surface area contributed by atoms with E-state index in [1.807, 2.05) is 37.3 Å². The number of carbonyl (C=O) groups excluding carboxylic acids is 1. The SMILES string of the molecule is C[C@@H](CCc1ccccc1)NC(=O)CSc1n[nH]c(-c2ccncc2)n1. The largest absolute Gasteiger partial charge is 0.353 e. The maximum atomic E-state index is 12.1. The van der Waals surface area contributed by atoms with Gasteiger partial charge >= 0.3 is 0 Å². The zero-order chi connectivity index (χ0) is 18.2. The third-order valence-electron chi connectivity index (χ3n) is 3.87. The Morgan fingerprint density at radius 2 is 1.96 bits per heavy atom. The number of amides is 1. The van der Waals surface area contributed by atoms with Crippen LogP contribution in [0.2, 0.25) is 0 Å². The lowest BCUT2D eigenvalue weighted by Crippen LogP contribution is -2.34. The number of benzene rings is 1. The van der Waals surface area contributed by atoms with E-state index < -0.39 is 0 Å².